The molecule has 0 amide bonds. The highest BCUT2D eigenvalue weighted by molar-refractivity contribution is 9.10. The molecule has 0 spiro atoms. The summed E-state index contributed by atoms with van der Waals surface area (Å²) < 4.78 is 48.5. The predicted octanol–water partition coefficient (Wildman–Crippen LogP) is 4.65. The summed E-state index contributed by atoms with van der Waals surface area (Å²) in [6, 6.07) is 7.60. The van der Waals surface area contributed by atoms with E-state index in [0.717, 1.165) is 37.1 Å². The minimum atomic E-state index is -3.44. The molecule has 0 unspecified atom stereocenters. The number of fused-ring (bicyclic) bond motifs is 2. The van der Waals surface area contributed by atoms with Crippen molar-refractivity contribution in [1.29, 1.82) is 0 Å². The van der Waals surface area contributed by atoms with Crippen molar-refractivity contribution in [3.63, 3.8) is 0 Å². The van der Waals surface area contributed by atoms with Crippen LogP contribution in [0.2, 0.25) is 0 Å². The van der Waals surface area contributed by atoms with E-state index in [4.69, 9.17) is 4.74 Å². The van der Waals surface area contributed by atoms with Gasteiger partial charge in [-0.3, -0.25) is 4.31 Å². The van der Waals surface area contributed by atoms with Crippen molar-refractivity contribution in [2.45, 2.75) is 31.7 Å². The van der Waals surface area contributed by atoms with Gasteiger partial charge in [0.15, 0.2) is 0 Å². The molecule has 1 fully saturated rings. The number of hydrogen-bond donors (Lipinski definition) is 2. The van der Waals surface area contributed by atoms with Gasteiger partial charge in [0, 0.05) is 49.9 Å². The lowest BCUT2D eigenvalue weighted by Gasteiger charge is -2.37. The summed E-state index contributed by atoms with van der Waals surface area (Å²) in [5, 5.41) is 6.43. The Morgan fingerprint density at radius 2 is 1.88 bits per heavy atom. The number of nitrogens with zero attached hydrogens (tertiary/aromatic N) is 5. The number of rotatable bonds is 7. The molecule has 0 atom stereocenters. The second-order valence-corrected chi connectivity index (χ2v) is 13.6. The van der Waals surface area contributed by atoms with Crippen LogP contribution in [0.15, 0.2) is 34.9 Å². The first-order chi connectivity index (χ1) is 19.6. The molecule has 4 heterocycles. The predicted molar refractivity (Wildman–Crippen MR) is 163 cm³/mol. The van der Waals surface area contributed by atoms with Crippen LogP contribution in [0.3, 0.4) is 0 Å². The molecule has 6 rings (SSSR count). The number of sulfonamides is 1. The van der Waals surface area contributed by atoms with Gasteiger partial charge in [-0.25, -0.2) is 17.8 Å². The third-order valence-corrected chi connectivity index (χ3v) is 9.75. The van der Waals surface area contributed by atoms with Crippen molar-refractivity contribution >= 4 is 60.5 Å². The number of anilines is 6. The maximum atomic E-state index is 15.7. The molecule has 1 aromatic heterocycles. The lowest BCUT2D eigenvalue weighted by molar-refractivity contribution is 0.249. The fourth-order valence-electron chi connectivity index (χ4n) is 5.98. The van der Waals surface area contributed by atoms with Gasteiger partial charge in [0.25, 0.3) is 0 Å². The van der Waals surface area contributed by atoms with Crippen LogP contribution in [0.5, 0.6) is 5.75 Å². The van der Waals surface area contributed by atoms with Gasteiger partial charge in [-0.1, -0.05) is 12.1 Å². The summed E-state index contributed by atoms with van der Waals surface area (Å²) in [5.41, 5.74) is 4.15. The largest absolute Gasteiger partial charge is 0.491 e. The standard InChI is InChI=1S/C28H33BrFN7O3S/c1-35(2)18-8-11-36(12-9-18)25-19-10-14-40-26(19)23(15-21(25)30)33-28-31-16-20(29)27(34-28)32-22-6-4-5-17-7-13-37(24(17)22)41(3,38)39/h4-6,15-16,18H,7-14H2,1-3H3,(H2,31,32,33,34). The van der Waals surface area contributed by atoms with Gasteiger partial charge in [0.1, 0.15) is 17.4 Å². The zero-order valence-electron chi connectivity index (χ0n) is 23.2. The Kier molecular flexibility index (Phi) is 7.45. The normalized spacial score (nSPS) is 17.0. The van der Waals surface area contributed by atoms with Gasteiger partial charge in [-0.15, -0.1) is 0 Å². The van der Waals surface area contributed by atoms with Crippen molar-refractivity contribution in [3.8, 4) is 5.75 Å². The van der Waals surface area contributed by atoms with Crippen molar-refractivity contribution in [3.05, 3.63) is 51.9 Å². The highest BCUT2D eigenvalue weighted by Crippen LogP contribution is 2.44. The number of halogens is 2. The van der Waals surface area contributed by atoms with Gasteiger partial charge in [-0.2, -0.15) is 4.98 Å². The summed E-state index contributed by atoms with van der Waals surface area (Å²) in [6.45, 7) is 2.47. The van der Waals surface area contributed by atoms with E-state index in [0.29, 0.717) is 70.8 Å². The fourth-order valence-corrected chi connectivity index (χ4v) is 7.24. The average molecular weight is 647 g/mol. The maximum absolute atomic E-state index is 15.7. The van der Waals surface area contributed by atoms with E-state index in [1.807, 2.05) is 18.2 Å². The molecule has 3 aromatic rings. The number of nitrogens with one attached hydrogen (secondary N) is 2. The summed E-state index contributed by atoms with van der Waals surface area (Å²) in [4.78, 5) is 13.4. The molecule has 0 radical (unpaired) electrons. The Balaban J connectivity index is 1.27. The third kappa shape index (κ3) is 5.42. The molecule has 0 aliphatic carbocycles. The highest BCUT2D eigenvalue weighted by atomic mass is 79.9. The molecule has 0 bridgehead atoms. The molecule has 3 aliphatic heterocycles. The molecule has 2 aromatic carbocycles. The summed E-state index contributed by atoms with van der Waals surface area (Å²) >= 11 is 3.50. The zero-order valence-corrected chi connectivity index (χ0v) is 25.6. The minimum Gasteiger partial charge on any atom is -0.491 e. The van der Waals surface area contributed by atoms with Crippen LogP contribution < -0.4 is 24.6 Å². The van der Waals surface area contributed by atoms with E-state index in [9.17, 15) is 8.42 Å². The van der Waals surface area contributed by atoms with Crippen LogP contribution >= 0.6 is 15.9 Å². The van der Waals surface area contributed by atoms with Crippen LogP contribution in [-0.2, 0) is 22.9 Å². The van der Waals surface area contributed by atoms with E-state index in [-0.39, 0.29) is 11.8 Å². The van der Waals surface area contributed by atoms with Crippen molar-refractivity contribution in [1.82, 2.24) is 14.9 Å². The lowest BCUT2D eigenvalue weighted by atomic mass is 10.0. The first-order valence-electron chi connectivity index (χ1n) is 13.7. The monoisotopic (exact) mass is 645 g/mol. The summed E-state index contributed by atoms with van der Waals surface area (Å²) in [5.74, 6) is 1.02. The van der Waals surface area contributed by atoms with Gasteiger partial charge >= 0.3 is 0 Å². The fraction of sp³-hybridized carbons (Fsp3) is 0.429. The van der Waals surface area contributed by atoms with E-state index in [2.05, 4.69) is 60.4 Å². The molecule has 3 aliphatic rings. The Labute approximate surface area is 248 Å². The SMILES string of the molecule is CN(C)C1CCN(c2c(F)cc(Nc3ncc(Br)c(Nc4cccc5c4N(S(C)(=O)=O)CC5)n3)c3c2CCO3)CC1. The summed E-state index contributed by atoms with van der Waals surface area (Å²) in [6.07, 6.45) is 6.03. The summed E-state index contributed by atoms with van der Waals surface area (Å²) in [7, 11) is 0.747. The number of benzene rings is 2. The molecular formula is C28H33BrFN7O3S. The van der Waals surface area contributed by atoms with Gasteiger partial charge in [-0.05, 0) is 60.9 Å². The lowest BCUT2D eigenvalue weighted by Crippen LogP contribution is -2.42. The van der Waals surface area contributed by atoms with E-state index >= 15 is 4.39 Å². The topological polar surface area (TPSA) is 103 Å². The van der Waals surface area contributed by atoms with Crippen molar-refractivity contribution in [2.24, 2.45) is 0 Å². The van der Waals surface area contributed by atoms with Crippen molar-refractivity contribution < 1.29 is 17.5 Å². The number of piperidine rings is 1. The van der Waals surface area contributed by atoms with Crippen LogP contribution in [0.1, 0.15) is 24.0 Å². The second-order valence-electron chi connectivity index (χ2n) is 10.9. The van der Waals surface area contributed by atoms with Crippen LogP contribution in [-0.4, -0.2) is 75.9 Å². The number of para-hydroxylation sites is 1. The molecule has 2 N–H and O–H groups in total. The Morgan fingerprint density at radius 3 is 2.61 bits per heavy atom. The zero-order chi connectivity index (χ0) is 28.9. The Hall–Kier alpha value is -3.16. The second kappa shape index (κ2) is 10.9. The smallest absolute Gasteiger partial charge is 0.232 e. The molecule has 13 heteroatoms. The van der Waals surface area contributed by atoms with E-state index in [1.165, 1.54) is 16.6 Å². The van der Waals surface area contributed by atoms with Crippen molar-refractivity contribution in [2.75, 3.05) is 66.4 Å². The van der Waals surface area contributed by atoms with E-state index in [1.54, 1.807) is 6.20 Å². The van der Waals surface area contributed by atoms with Crippen LogP contribution in [0, 0.1) is 5.82 Å². The molecule has 218 valence electrons. The van der Waals surface area contributed by atoms with Gasteiger partial charge < -0.3 is 25.2 Å². The first-order valence-corrected chi connectivity index (χ1v) is 16.3. The number of aromatic nitrogens is 2. The Bertz CT molecular complexity index is 1600. The highest BCUT2D eigenvalue weighted by Gasteiger charge is 2.31. The van der Waals surface area contributed by atoms with Gasteiger partial charge in [0.2, 0.25) is 16.0 Å². The average Bonchev–Trinajstić information content (AvgIpc) is 3.59. The van der Waals surface area contributed by atoms with Crippen LogP contribution in [0.4, 0.5) is 38.9 Å². The molecular weight excluding hydrogens is 613 g/mol. The maximum Gasteiger partial charge on any atom is 0.232 e. The first kappa shape index (κ1) is 28.0. The number of ether oxygens (including phenoxy) is 1. The minimum absolute atomic E-state index is 0.250. The van der Waals surface area contributed by atoms with E-state index < -0.39 is 10.0 Å². The Morgan fingerprint density at radius 1 is 1.10 bits per heavy atom. The molecule has 0 saturated carbocycles. The quantitative estimate of drug-likeness (QED) is 0.380. The van der Waals surface area contributed by atoms with Gasteiger partial charge in [0.05, 0.1) is 40.1 Å². The van der Waals surface area contributed by atoms with Crippen LogP contribution in [0.25, 0.3) is 0 Å². The number of hydrogen-bond acceptors (Lipinski definition) is 9. The molecule has 1 saturated heterocycles. The third-order valence-electron chi connectivity index (χ3n) is 8.01. The molecule has 41 heavy (non-hydrogen) atoms. The molecule has 10 nitrogen and oxygen atoms in total.